The number of ether oxygens (including phenoxy) is 1. The molecule has 0 aliphatic rings. The van der Waals surface area contributed by atoms with Crippen molar-refractivity contribution in [1.82, 2.24) is 20.6 Å². The number of allylic oxidation sites excluding steroid dienone is 1. The van der Waals surface area contributed by atoms with Crippen LogP contribution < -0.4 is 10.1 Å². The van der Waals surface area contributed by atoms with E-state index in [0.29, 0.717) is 34.5 Å². The van der Waals surface area contributed by atoms with E-state index in [1.807, 2.05) is 36.4 Å². The fourth-order valence-electron chi connectivity index (χ4n) is 3.39. The molecule has 1 aromatic heterocycles. The summed E-state index contributed by atoms with van der Waals surface area (Å²) in [7, 11) is 0. The summed E-state index contributed by atoms with van der Waals surface area (Å²) in [5.74, 6) is 0.954. The molecule has 7 nitrogen and oxygen atoms in total. The second-order valence-electron chi connectivity index (χ2n) is 7.85. The van der Waals surface area contributed by atoms with Crippen molar-refractivity contribution in [2.24, 2.45) is 0 Å². The highest BCUT2D eigenvalue weighted by Gasteiger charge is 2.16. The van der Waals surface area contributed by atoms with E-state index in [9.17, 15) is 4.79 Å². The Morgan fingerprint density at radius 2 is 1.92 bits per heavy atom. The number of tetrazole rings is 1. The molecule has 0 saturated carbocycles. The number of hydrogen-bond donors (Lipinski definition) is 2. The lowest BCUT2D eigenvalue weighted by Gasteiger charge is -2.14. The van der Waals surface area contributed by atoms with Gasteiger partial charge in [-0.15, -0.1) is 10.2 Å². The van der Waals surface area contributed by atoms with Gasteiger partial charge in [0.05, 0.1) is 15.6 Å². The summed E-state index contributed by atoms with van der Waals surface area (Å²) in [6, 6.07) is 20.2. The number of anilines is 1. The van der Waals surface area contributed by atoms with Crippen LogP contribution in [0.25, 0.3) is 11.4 Å². The Balaban J connectivity index is 1.45. The van der Waals surface area contributed by atoms with Gasteiger partial charge in [0.15, 0.2) is 0 Å². The molecule has 184 valence electrons. The van der Waals surface area contributed by atoms with Gasteiger partial charge in [-0.2, -0.15) is 5.21 Å². The summed E-state index contributed by atoms with van der Waals surface area (Å²) in [6.07, 6.45) is 7.57. The van der Waals surface area contributed by atoms with Crippen LogP contribution in [0.3, 0.4) is 0 Å². The van der Waals surface area contributed by atoms with Crippen LogP contribution in [0.15, 0.2) is 88.7 Å². The van der Waals surface area contributed by atoms with Crippen LogP contribution in [0.4, 0.5) is 5.69 Å². The third kappa shape index (κ3) is 6.74. The van der Waals surface area contributed by atoms with Gasteiger partial charge in [0.2, 0.25) is 5.82 Å². The van der Waals surface area contributed by atoms with Crippen LogP contribution >= 0.6 is 23.4 Å². The van der Waals surface area contributed by atoms with E-state index in [2.05, 4.69) is 38.9 Å². The Labute approximate surface area is 219 Å². The normalized spacial score (nSPS) is 11.1. The number of aromatic nitrogens is 4. The lowest BCUT2D eigenvalue weighted by Crippen LogP contribution is -2.12. The summed E-state index contributed by atoms with van der Waals surface area (Å²) >= 11 is 7.98. The van der Waals surface area contributed by atoms with Gasteiger partial charge in [-0.25, -0.2) is 0 Å². The van der Waals surface area contributed by atoms with Crippen molar-refractivity contribution in [3.8, 4) is 17.1 Å². The van der Waals surface area contributed by atoms with Crippen molar-refractivity contribution in [2.75, 3.05) is 11.9 Å². The first-order valence-corrected chi connectivity index (χ1v) is 12.8. The maximum Gasteiger partial charge on any atom is 0.255 e. The first-order chi connectivity index (χ1) is 17.7. The molecular weight excluding hydrogens is 494 g/mol. The minimum atomic E-state index is -0.239. The fraction of sp³-hybridized carbons (Fsp3) is 0.185. The molecule has 1 heterocycles. The van der Waals surface area contributed by atoms with Crippen molar-refractivity contribution in [2.45, 2.75) is 36.0 Å². The monoisotopic (exact) mass is 519 g/mol. The number of H-pyrrole nitrogens is 1. The molecule has 0 bridgehead atoms. The van der Waals surface area contributed by atoms with Crippen LogP contribution in [-0.2, 0) is 0 Å². The highest BCUT2D eigenvalue weighted by atomic mass is 35.5. The summed E-state index contributed by atoms with van der Waals surface area (Å²) in [5.41, 5.74) is 1.94. The molecule has 0 radical (unpaired) electrons. The van der Waals surface area contributed by atoms with E-state index in [-0.39, 0.29) is 5.91 Å². The van der Waals surface area contributed by atoms with Gasteiger partial charge < -0.3 is 10.1 Å². The SMILES string of the molecule is CCCCC=CCOc1ccc(C(=O)Nc2cccc(Cl)c2Sc2ccccc2-c2nn[nH]n2)cc1. The standard InChI is InChI=1S/C27H26ClN5O2S/c1-2-3-4-5-8-18-35-20-16-14-19(15-17-20)27(34)29-23-12-9-11-22(28)25(23)36-24-13-7-6-10-21(24)26-30-32-33-31-26/h5-17H,2-4,18H2,1H3,(H,29,34)(H,30,31,32,33). The fourth-order valence-corrected chi connectivity index (χ4v) is 4.71. The number of hydrogen-bond acceptors (Lipinski definition) is 6. The molecule has 2 N–H and O–H groups in total. The lowest BCUT2D eigenvalue weighted by molar-refractivity contribution is 0.102. The van der Waals surface area contributed by atoms with Gasteiger partial charge in [0, 0.05) is 16.0 Å². The number of rotatable bonds is 11. The number of benzene rings is 3. The first kappa shape index (κ1) is 25.5. The summed E-state index contributed by atoms with van der Waals surface area (Å²) < 4.78 is 5.73. The quantitative estimate of drug-likeness (QED) is 0.163. The molecule has 0 saturated heterocycles. The number of aromatic amines is 1. The largest absolute Gasteiger partial charge is 0.490 e. The molecule has 1 amide bonds. The van der Waals surface area contributed by atoms with Crippen molar-refractivity contribution < 1.29 is 9.53 Å². The molecule has 0 spiro atoms. The number of halogens is 1. The predicted molar refractivity (Wildman–Crippen MR) is 144 cm³/mol. The van der Waals surface area contributed by atoms with E-state index in [1.165, 1.54) is 24.6 Å². The lowest BCUT2D eigenvalue weighted by atomic mass is 10.2. The average Bonchev–Trinajstić information content (AvgIpc) is 3.44. The Bertz CT molecular complexity index is 1310. The second-order valence-corrected chi connectivity index (χ2v) is 9.31. The topological polar surface area (TPSA) is 92.8 Å². The number of amides is 1. The Hall–Kier alpha value is -3.62. The van der Waals surface area contributed by atoms with Gasteiger partial charge in [-0.3, -0.25) is 4.79 Å². The first-order valence-electron chi connectivity index (χ1n) is 11.6. The van der Waals surface area contributed by atoms with E-state index in [1.54, 1.807) is 36.4 Å². The maximum absolute atomic E-state index is 13.0. The molecule has 9 heteroatoms. The molecule has 36 heavy (non-hydrogen) atoms. The zero-order valence-corrected chi connectivity index (χ0v) is 21.4. The van der Waals surface area contributed by atoms with Crippen LogP contribution in [0, 0.1) is 0 Å². The zero-order chi connectivity index (χ0) is 25.2. The molecule has 4 aromatic rings. The summed E-state index contributed by atoms with van der Waals surface area (Å²) in [6.45, 7) is 2.68. The van der Waals surface area contributed by atoms with Gasteiger partial charge in [0.25, 0.3) is 5.91 Å². The minimum absolute atomic E-state index is 0.239. The van der Waals surface area contributed by atoms with Gasteiger partial charge in [-0.1, -0.05) is 73.5 Å². The van der Waals surface area contributed by atoms with Gasteiger partial charge >= 0.3 is 0 Å². The third-order valence-corrected chi connectivity index (χ3v) is 6.90. The zero-order valence-electron chi connectivity index (χ0n) is 19.8. The van der Waals surface area contributed by atoms with E-state index in [4.69, 9.17) is 16.3 Å². The highest BCUT2D eigenvalue weighted by molar-refractivity contribution is 7.99. The number of unbranched alkanes of at least 4 members (excludes halogenated alkanes) is 2. The van der Waals surface area contributed by atoms with Crippen molar-refractivity contribution in [3.63, 3.8) is 0 Å². The van der Waals surface area contributed by atoms with Gasteiger partial charge in [-0.05, 0) is 60.2 Å². The molecule has 0 fully saturated rings. The Morgan fingerprint density at radius 1 is 1.08 bits per heavy atom. The molecule has 0 atom stereocenters. The summed E-state index contributed by atoms with van der Waals surface area (Å²) in [4.78, 5) is 14.6. The van der Waals surface area contributed by atoms with Crippen LogP contribution in [0.2, 0.25) is 5.02 Å². The summed E-state index contributed by atoms with van der Waals surface area (Å²) in [5, 5.41) is 17.8. The van der Waals surface area contributed by atoms with Crippen LogP contribution in [-0.4, -0.2) is 33.1 Å². The third-order valence-electron chi connectivity index (χ3n) is 5.25. The molecule has 0 unspecified atom stereocenters. The van der Waals surface area contributed by atoms with Crippen molar-refractivity contribution in [3.05, 3.63) is 89.5 Å². The number of nitrogens with zero attached hydrogens (tertiary/aromatic N) is 3. The minimum Gasteiger partial charge on any atom is -0.490 e. The molecule has 3 aromatic carbocycles. The van der Waals surface area contributed by atoms with E-state index in [0.717, 1.165) is 21.8 Å². The number of carbonyl (C=O) groups is 1. The Kier molecular flexibility index (Phi) is 9.13. The highest BCUT2D eigenvalue weighted by Crippen LogP contribution is 2.42. The maximum atomic E-state index is 13.0. The number of nitrogens with one attached hydrogen (secondary N) is 2. The molecular formula is C27H26ClN5O2S. The van der Waals surface area contributed by atoms with Crippen LogP contribution in [0.5, 0.6) is 5.75 Å². The van der Waals surface area contributed by atoms with Crippen molar-refractivity contribution >= 4 is 35.0 Å². The molecule has 0 aliphatic carbocycles. The molecule has 4 rings (SSSR count). The predicted octanol–water partition coefficient (Wildman–Crippen LogP) is 7.05. The number of carbonyl (C=O) groups excluding carboxylic acids is 1. The Morgan fingerprint density at radius 3 is 2.69 bits per heavy atom. The van der Waals surface area contributed by atoms with Crippen molar-refractivity contribution in [1.29, 1.82) is 0 Å². The van der Waals surface area contributed by atoms with E-state index >= 15 is 0 Å². The average molecular weight is 520 g/mol. The van der Waals surface area contributed by atoms with Gasteiger partial charge in [0.1, 0.15) is 12.4 Å². The van der Waals surface area contributed by atoms with Crippen LogP contribution in [0.1, 0.15) is 36.5 Å². The second kappa shape index (κ2) is 12.9. The van der Waals surface area contributed by atoms with E-state index < -0.39 is 0 Å². The smallest absolute Gasteiger partial charge is 0.255 e. The molecule has 0 aliphatic heterocycles.